The van der Waals surface area contributed by atoms with Gasteiger partial charge in [0.15, 0.2) is 11.4 Å². The number of Topliss-reactive ketones (excluding diaryl/α,β-unsaturated/α-hetero) is 2. The minimum atomic E-state index is -2.67. The fourth-order valence-electron chi connectivity index (χ4n) is 6.07. The van der Waals surface area contributed by atoms with Gasteiger partial charge in [-0.1, -0.05) is 11.8 Å². The van der Waals surface area contributed by atoms with E-state index in [2.05, 4.69) is 11.8 Å². The second-order valence-electron chi connectivity index (χ2n) is 10.3. The molecule has 0 fully saturated rings. The summed E-state index contributed by atoms with van der Waals surface area (Å²) < 4.78 is 0. The van der Waals surface area contributed by atoms with E-state index in [-0.39, 0.29) is 29.7 Å². The number of primary amides is 1. The standard InChI is InChI=1S/C29H27N3O7/c1-32(2)23-18-12-15-11-17-14(6-3-13-4-8-16(30)9-5-13)7-10-19(33)21(17)24(34)20(15)26(36)29(18,39)27(37)22(25(23)35)28(31)38/h4-5,7-10,15,18,23,33,35-36,39H,11-12,30H2,1-2H3,(H2,31,38)/t15-,18+,23+,29-/m0/s1. The summed E-state index contributed by atoms with van der Waals surface area (Å²) in [6.07, 6.45) is 0.168. The van der Waals surface area contributed by atoms with Crippen LogP contribution in [0.3, 0.4) is 0 Å². The van der Waals surface area contributed by atoms with Gasteiger partial charge in [-0.25, -0.2) is 0 Å². The molecule has 1 amide bonds. The summed E-state index contributed by atoms with van der Waals surface area (Å²) in [5.74, 6) is -0.847. The van der Waals surface area contributed by atoms with E-state index in [0.717, 1.165) is 0 Å². The summed E-state index contributed by atoms with van der Waals surface area (Å²) in [6.45, 7) is 0. The van der Waals surface area contributed by atoms with E-state index < -0.39 is 58.0 Å². The Hall–Kier alpha value is -4.59. The van der Waals surface area contributed by atoms with Crippen LogP contribution in [0, 0.1) is 23.7 Å². The number of benzene rings is 2. The Morgan fingerprint density at radius 2 is 1.72 bits per heavy atom. The first-order chi connectivity index (χ1) is 18.4. The molecule has 10 nitrogen and oxygen atoms in total. The molecule has 0 spiro atoms. The third-order valence-corrected chi connectivity index (χ3v) is 7.86. The summed E-state index contributed by atoms with van der Waals surface area (Å²) in [5.41, 5.74) is 9.51. The molecule has 0 bridgehead atoms. The number of ketones is 2. The van der Waals surface area contributed by atoms with Crippen molar-refractivity contribution in [3.8, 4) is 17.6 Å². The minimum Gasteiger partial charge on any atom is -0.510 e. The number of nitrogen functional groups attached to an aromatic ring is 1. The molecule has 2 aromatic rings. The molecule has 0 aliphatic heterocycles. The first kappa shape index (κ1) is 26.0. The van der Waals surface area contributed by atoms with Gasteiger partial charge in [-0.05, 0) is 74.8 Å². The van der Waals surface area contributed by atoms with Gasteiger partial charge in [0.05, 0.1) is 11.6 Å². The predicted molar refractivity (Wildman–Crippen MR) is 141 cm³/mol. The zero-order chi connectivity index (χ0) is 28.4. The van der Waals surface area contributed by atoms with Crippen molar-refractivity contribution in [1.29, 1.82) is 0 Å². The van der Waals surface area contributed by atoms with E-state index in [1.54, 1.807) is 44.4 Å². The third kappa shape index (κ3) is 3.78. The Bertz CT molecular complexity index is 1580. The van der Waals surface area contributed by atoms with Crippen LogP contribution in [0.4, 0.5) is 5.69 Å². The van der Waals surface area contributed by atoms with Gasteiger partial charge in [0.25, 0.3) is 5.91 Å². The van der Waals surface area contributed by atoms with Crippen LogP contribution in [-0.4, -0.2) is 68.5 Å². The molecule has 0 radical (unpaired) electrons. The average molecular weight is 530 g/mol. The number of amides is 1. The lowest BCUT2D eigenvalue weighted by Crippen LogP contribution is -2.63. The quantitative estimate of drug-likeness (QED) is 0.188. The molecular weight excluding hydrogens is 502 g/mol. The number of aromatic hydroxyl groups is 1. The largest absolute Gasteiger partial charge is 0.510 e. The predicted octanol–water partition coefficient (Wildman–Crippen LogP) is 1.10. The number of carbonyl (C=O) groups is 3. The highest BCUT2D eigenvalue weighted by atomic mass is 16.3. The summed E-state index contributed by atoms with van der Waals surface area (Å²) >= 11 is 0. The lowest BCUT2D eigenvalue weighted by atomic mass is 9.58. The van der Waals surface area contributed by atoms with Crippen molar-refractivity contribution in [2.75, 3.05) is 19.8 Å². The molecule has 200 valence electrons. The SMILES string of the molecule is CN(C)[C@H]1C(O)=C(C(N)=O)C(=O)[C@@]2(O)C(O)=C3C(=O)c4c(O)ccc(C#Cc5ccc(N)cc5)c4C[C@H]3C[C@H]12. The molecule has 0 saturated heterocycles. The van der Waals surface area contributed by atoms with Gasteiger partial charge in [-0.3, -0.25) is 19.3 Å². The van der Waals surface area contributed by atoms with E-state index in [4.69, 9.17) is 11.5 Å². The molecular formula is C29H27N3O7. The Kier molecular flexibility index (Phi) is 6.01. The number of anilines is 1. The van der Waals surface area contributed by atoms with Crippen molar-refractivity contribution in [2.45, 2.75) is 24.5 Å². The van der Waals surface area contributed by atoms with Gasteiger partial charge >= 0.3 is 0 Å². The summed E-state index contributed by atoms with van der Waals surface area (Å²) in [7, 11) is 3.16. The maximum Gasteiger partial charge on any atom is 0.255 e. The number of nitrogens with zero attached hydrogens (tertiary/aromatic N) is 1. The summed E-state index contributed by atoms with van der Waals surface area (Å²) in [6, 6.07) is 8.80. The molecule has 0 unspecified atom stereocenters. The minimum absolute atomic E-state index is 0.00620. The molecule has 3 aliphatic rings. The molecule has 8 N–H and O–H groups in total. The maximum absolute atomic E-state index is 13.7. The number of fused-ring (bicyclic) bond motifs is 3. The first-order valence-electron chi connectivity index (χ1n) is 12.2. The molecule has 0 heterocycles. The number of likely N-dealkylation sites (N-methyl/N-ethyl adjacent to an activating group) is 1. The highest BCUT2D eigenvalue weighted by molar-refractivity contribution is 6.24. The Balaban J connectivity index is 1.66. The topological polar surface area (TPSA) is 187 Å². The average Bonchev–Trinajstić information content (AvgIpc) is 2.86. The molecule has 0 aromatic heterocycles. The Morgan fingerprint density at radius 3 is 2.33 bits per heavy atom. The van der Waals surface area contributed by atoms with Gasteiger partial charge in [0.2, 0.25) is 5.78 Å². The van der Waals surface area contributed by atoms with Gasteiger partial charge in [0.1, 0.15) is 22.8 Å². The van der Waals surface area contributed by atoms with Crippen molar-refractivity contribution in [3.63, 3.8) is 0 Å². The van der Waals surface area contributed by atoms with Gasteiger partial charge in [-0.15, -0.1) is 0 Å². The van der Waals surface area contributed by atoms with E-state index in [0.29, 0.717) is 22.4 Å². The number of rotatable bonds is 2. The van der Waals surface area contributed by atoms with E-state index in [9.17, 15) is 34.8 Å². The highest BCUT2D eigenvalue weighted by Gasteiger charge is 2.63. The maximum atomic E-state index is 13.7. The van der Waals surface area contributed by atoms with E-state index in [1.165, 1.54) is 11.0 Å². The second-order valence-corrected chi connectivity index (χ2v) is 10.3. The van der Waals surface area contributed by atoms with Gasteiger partial charge in [-0.2, -0.15) is 0 Å². The molecule has 3 aliphatic carbocycles. The van der Waals surface area contributed by atoms with Crippen LogP contribution in [-0.2, 0) is 16.0 Å². The fraction of sp³-hybridized carbons (Fsp3) is 0.276. The summed E-state index contributed by atoms with van der Waals surface area (Å²) in [4.78, 5) is 40.7. The smallest absolute Gasteiger partial charge is 0.255 e. The first-order valence-corrected chi connectivity index (χ1v) is 12.2. The molecule has 5 rings (SSSR count). The molecule has 39 heavy (non-hydrogen) atoms. The van der Waals surface area contributed by atoms with Crippen LogP contribution in [0.2, 0.25) is 0 Å². The van der Waals surface area contributed by atoms with Crippen LogP contribution >= 0.6 is 0 Å². The van der Waals surface area contributed by atoms with Crippen LogP contribution in [0.25, 0.3) is 0 Å². The Labute approximate surface area is 223 Å². The number of hydrogen-bond donors (Lipinski definition) is 6. The lowest BCUT2D eigenvalue weighted by molar-refractivity contribution is -0.148. The lowest BCUT2D eigenvalue weighted by Gasteiger charge is -2.50. The number of phenolic OH excluding ortho intramolecular Hbond substituents is 1. The number of hydrogen-bond acceptors (Lipinski definition) is 9. The normalized spacial score (nSPS) is 26.0. The highest BCUT2D eigenvalue weighted by Crippen LogP contribution is 2.52. The van der Waals surface area contributed by atoms with Gasteiger partial charge in [0, 0.05) is 28.3 Å². The van der Waals surface area contributed by atoms with Crippen LogP contribution in [0.5, 0.6) is 5.75 Å². The zero-order valence-corrected chi connectivity index (χ0v) is 21.2. The third-order valence-electron chi connectivity index (χ3n) is 7.86. The van der Waals surface area contributed by atoms with Crippen molar-refractivity contribution in [3.05, 3.63) is 81.3 Å². The van der Waals surface area contributed by atoms with Crippen molar-refractivity contribution < 1.29 is 34.8 Å². The van der Waals surface area contributed by atoms with Crippen molar-refractivity contribution >= 4 is 23.2 Å². The molecule has 2 aromatic carbocycles. The van der Waals surface area contributed by atoms with E-state index >= 15 is 0 Å². The Morgan fingerprint density at radius 1 is 1.05 bits per heavy atom. The summed E-state index contributed by atoms with van der Waals surface area (Å²) in [5, 5.41) is 44.5. The van der Waals surface area contributed by atoms with E-state index in [1.807, 2.05) is 0 Å². The number of carbonyl (C=O) groups excluding carboxylic acids is 3. The fourth-order valence-corrected chi connectivity index (χ4v) is 6.07. The molecule has 4 atom stereocenters. The molecule has 0 saturated carbocycles. The number of aliphatic hydroxyl groups excluding tert-OH is 2. The van der Waals surface area contributed by atoms with Crippen LogP contribution < -0.4 is 11.5 Å². The molecule has 10 heteroatoms. The van der Waals surface area contributed by atoms with Crippen LogP contribution in [0.1, 0.15) is 33.5 Å². The number of phenols is 1. The zero-order valence-electron chi connectivity index (χ0n) is 21.2. The van der Waals surface area contributed by atoms with Crippen molar-refractivity contribution in [1.82, 2.24) is 4.90 Å². The number of aliphatic hydroxyl groups is 3. The van der Waals surface area contributed by atoms with Gasteiger partial charge < -0.3 is 31.9 Å². The second kappa shape index (κ2) is 9.01. The monoisotopic (exact) mass is 529 g/mol. The van der Waals surface area contributed by atoms with Crippen molar-refractivity contribution in [2.24, 2.45) is 17.6 Å². The number of nitrogens with two attached hydrogens (primary N) is 2. The van der Waals surface area contributed by atoms with Crippen LogP contribution in [0.15, 0.2) is 59.1 Å². The number of allylic oxidation sites excluding steroid dienone is 1.